The predicted octanol–water partition coefficient (Wildman–Crippen LogP) is 5.57. The monoisotopic (exact) mass is 370 g/mol. The van der Waals surface area contributed by atoms with Crippen LogP contribution in [0.4, 0.5) is 0 Å². The highest BCUT2D eigenvalue weighted by Crippen LogP contribution is 2.09. The van der Waals surface area contributed by atoms with Gasteiger partial charge in [0.05, 0.1) is 13.2 Å². The van der Waals surface area contributed by atoms with Gasteiger partial charge in [0.2, 0.25) is 0 Å². The molecule has 1 atom stereocenters. The van der Waals surface area contributed by atoms with Crippen LogP contribution in [0.15, 0.2) is 12.2 Å². The molecule has 26 heavy (non-hydrogen) atoms. The number of rotatable bonds is 19. The largest absolute Gasteiger partial charge is 0.458 e. The molecule has 0 fully saturated rings. The SMILES string of the molecule is CCCCCCC/C=C\CCCCCCCCOCC(CO)OC(C)=O. The maximum atomic E-state index is 10.8. The zero-order valence-electron chi connectivity index (χ0n) is 17.2. The first-order chi connectivity index (χ1) is 12.7. The van der Waals surface area contributed by atoms with Gasteiger partial charge in [0, 0.05) is 13.5 Å². The van der Waals surface area contributed by atoms with E-state index < -0.39 is 6.10 Å². The fraction of sp³-hybridized carbons (Fsp3) is 0.864. The molecule has 1 unspecified atom stereocenters. The quantitative estimate of drug-likeness (QED) is 0.183. The van der Waals surface area contributed by atoms with Gasteiger partial charge in [0.15, 0.2) is 0 Å². The maximum Gasteiger partial charge on any atom is 0.303 e. The van der Waals surface area contributed by atoms with Gasteiger partial charge in [-0.1, -0.05) is 70.4 Å². The Balaban J connectivity index is 3.23. The minimum atomic E-state index is -0.531. The molecule has 0 aromatic heterocycles. The Bertz CT molecular complexity index is 328. The van der Waals surface area contributed by atoms with Gasteiger partial charge in [0.25, 0.3) is 0 Å². The molecule has 0 aliphatic rings. The van der Waals surface area contributed by atoms with E-state index >= 15 is 0 Å². The van der Waals surface area contributed by atoms with E-state index in [1.54, 1.807) is 0 Å². The minimum absolute atomic E-state index is 0.188. The lowest BCUT2D eigenvalue weighted by molar-refractivity contribution is -0.152. The van der Waals surface area contributed by atoms with E-state index in [9.17, 15) is 4.79 Å². The van der Waals surface area contributed by atoms with E-state index in [4.69, 9.17) is 14.6 Å². The fourth-order valence-corrected chi connectivity index (χ4v) is 2.85. The van der Waals surface area contributed by atoms with E-state index in [0.29, 0.717) is 6.61 Å². The molecule has 0 saturated heterocycles. The molecule has 1 N–H and O–H groups in total. The molecule has 0 aliphatic carbocycles. The molecule has 0 radical (unpaired) electrons. The summed E-state index contributed by atoms with van der Waals surface area (Å²) in [6.45, 7) is 4.36. The van der Waals surface area contributed by atoms with Gasteiger partial charge in [-0.3, -0.25) is 4.79 Å². The topological polar surface area (TPSA) is 55.8 Å². The van der Waals surface area contributed by atoms with Gasteiger partial charge in [0.1, 0.15) is 6.10 Å². The number of hydrogen-bond acceptors (Lipinski definition) is 4. The van der Waals surface area contributed by atoms with Crippen molar-refractivity contribution in [3.05, 3.63) is 12.2 Å². The number of allylic oxidation sites excluding steroid dienone is 2. The summed E-state index contributed by atoms with van der Waals surface area (Å²) in [6.07, 6.45) is 20.8. The highest BCUT2D eigenvalue weighted by molar-refractivity contribution is 5.66. The van der Waals surface area contributed by atoms with Crippen molar-refractivity contribution < 1.29 is 19.4 Å². The summed E-state index contributed by atoms with van der Waals surface area (Å²) in [4.78, 5) is 10.8. The summed E-state index contributed by atoms with van der Waals surface area (Å²) in [5, 5.41) is 9.05. The van der Waals surface area contributed by atoms with Crippen molar-refractivity contribution >= 4 is 5.97 Å². The number of ether oxygens (including phenoxy) is 2. The van der Waals surface area contributed by atoms with Crippen LogP contribution in [0.25, 0.3) is 0 Å². The minimum Gasteiger partial charge on any atom is -0.458 e. The summed E-state index contributed by atoms with van der Waals surface area (Å²) >= 11 is 0. The van der Waals surface area contributed by atoms with Gasteiger partial charge in [-0.15, -0.1) is 0 Å². The number of aliphatic hydroxyl groups is 1. The van der Waals surface area contributed by atoms with E-state index in [1.165, 1.54) is 84.0 Å². The second-order valence-electron chi connectivity index (χ2n) is 7.07. The first kappa shape index (κ1) is 25.1. The summed E-state index contributed by atoms with van der Waals surface area (Å²) in [5.41, 5.74) is 0. The molecule has 0 rings (SSSR count). The number of hydrogen-bond donors (Lipinski definition) is 1. The standard InChI is InChI=1S/C22H42O4/c1-3-4-5-6-7-8-9-10-11-12-13-14-15-16-17-18-25-20-22(19-23)26-21(2)24/h9-10,22-23H,3-8,11-20H2,1-2H3/b10-9-. The van der Waals surface area contributed by atoms with Gasteiger partial charge in [-0.25, -0.2) is 0 Å². The smallest absolute Gasteiger partial charge is 0.303 e. The molecule has 4 heteroatoms. The lowest BCUT2D eigenvalue weighted by Crippen LogP contribution is -2.26. The zero-order chi connectivity index (χ0) is 19.3. The molecule has 4 nitrogen and oxygen atoms in total. The molecular formula is C22H42O4. The second kappa shape index (κ2) is 20.4. The van der Waals surface area contributed by atoms with Gasteiger partial charge < -0.3 is 14.6 Å². The van der Waals surface area contributed by atoms with Crippen LogP contribution in [0, 0.1) is 0 Å². The Morgan fingerprint density at radius 3 is 1.96 bits per heavy atom. The van der Waals surface area contributed by atoms with Gasteiger partial charge in [-0.05, 0) is 32.1 Å². The van der Waals surface area contributed by atoms with Crippen LogP contribution in [-0.2, 0) is 14.3 Å². The third-order valence-electron chi connectivity index (χ3n) is 4.39. The molecule has 0 spiro atoms. The number of aliphatic hydroxyl groups excluding tert-OH is 1. The van der Waals surface area contributed by atoms with Crippen molar-refractivity contribution in [2.24, 2.45) is 0 Å². The number of carbonyl (C=O) groups is 1. The molecule has 154 valence electrons. The molecule has 0 amide bonds. The van der Waals surface area contributed by atoms with Crippen LogP contribution in [0.5, 0.6) is 0 Å². The molecule has 0 saturated carbocycles. The lowest BCUT2D eigenvalue weighted by atomic mass is 10.1. The van der Waals surface area contributed by atoms with E-state index in [-0.39, 0.29) is 19.2 Å². The zero-order valence-corrected chi connectivity index (χ0v) is 17.2. The average Bonchev–Trinajstić information content (AvgIpc) is 2.63. The summed E-state index contributed by atoms with van der Waals surface area (Å²) in [6, 6.07) is 0. The van der Waals surface area contributed by atoms with Crippen LogP contribution in [0.2, 0.25) is 0 Å². The Kier molecular flexibility index (Phi) is 19.8. The molecule has 0 aromatic rings. The highest BCUT2D eigenvalue weighted by atomic mass is 16.6. The molecule has 0 aliphatic heterocycles. The summed E-state index contributed by atoms with van der Waals surface area (Å²) < 4.78 is 10.4. The fourth-order valence-electron chi connectivity index (χ4n) is 2.85. The number of unbranched alkanes of at least 4 members (excludes halogenated alkanes) is 11. The van der Waals surface area contributed by atoms with Crippen molar-refractivity contribution in [2.75, 3.05) is 19.8 Å². The van der Waals surface area contributed by atoms with Crippen LogP contribution >= 0.6 is 0 Å². The molecular weight excluding hydrogens is 328 g/mol. The lowest BCUT2D eigenvalue weighted by Gasteiger charge is -2.14. The molecule has 0 bridgehead atoms. The first-order valence-corrected chi connectivity index (χ1v) is 10.7. The van der Waals surface area contributed by atoms with E-state index in [0.717, 1.165) is 6.42 Å². The maximum absolute atomic E-state index is 10.8. The van der Waals surface area contributed by atoms with Gasteiger partial charge >= 0.3 is 5.97 Å². The molecule has 0 heterocycles. The highest BCUT2D eigenvalue weighted by Gasteiger charge is 2.10. The summed E-state index contributed by atoms with van der Waals surface area (Å²) in [7, 11) is 0. The van der Waals surface area contributed by atoms with Gasteiger partial charge in [-0.2, -0.15) is 0 Å². The predicted molar refractivity (Wildman–Crippen MR) is 108 cm³/mol. The number of esters is 1. The van der Waals surface area contributed by atoms with Crippen molar-refractivity contribution in [1.29, 1.82) is 0 Å². The Morgan fingerprint density at radius 1 is 0.885 bits per heavy atom. The van der Waals surface area contributed by atoms with Crippen LogP contribution in [0.1, 0.15) is 97.3 Å². The van der Waals surface area contributed by atoms with Crippen molar-refractivity contribution in [2.45, 2.75) is 103 Å². The first-order valence-electron chi connectivity index (χ1n) is 10.7. The normalized spacial score (nSPS) is 12.6. The van der Waals surface area contributed by atoms with Crippen LogP contribution < -0.4 is 0 Å². The van der Waals surface area contributed by atoms with Crippen LogP contribution in [-0.4, -0.2) is 37.0 Å². The Hall–Kier alpha value is -0.870. The van der Waals surface area contributed by atoms with Crippen LogP contribution in [0.3, 0.4) is 0 Å². The third kappa shape index (κ3) is 19.5. The average molecular weight is 371 g/mol. The van der Waals surface area contributed by atoms with Crippen molar-refractivity contribution in [1.82, 2.24) is 0 Å². The third-order valence-corrected chi connectivity index (χ3v) is 4.39. The number of carbonyl (C=O) groups excluding carboxylic acids is 1. The van der Waals surface area contributed by atoms with Crippen molar-refractivity contribution in [3.8, 4) is 0 Å². The Morgan fingerprint density at radius 2 is 1.42 bits per heavy atom. The van der Waals surface area contributed by atoms with Crippen molar-refractivity contribution in [3.63, 3.8) is 0 Å². The Labute approximate surface area is 161 Å². The molecule has 0 aromatic carbocycles. The second-order valence-corrected chi connectivity index (χ2v) is 7.07. The van der Waals surface area contributed by atoms with E-state index in [2.05, 4.69) is 19.1 Å². The van der Waals surface area contributed by atoms with E-state index in [1.807, 2.05) is 0 Å². The summed E-state index contributed by atoms with van der Waals surface area (Å²) in [5.74, 6) is -0.380.